The summed E-state index contributed by atoms with van der Waals surface area (Å²) in [4.78, 5) is 48.2. The molecule has 8 heteroatoms. The van der Waals surface area contributed by atoms with Crippen LogP contribution < -0.4 is 18.9 Å². The molecule has 0 fully saturated rings. The topological polar surface area (TPSA) is 105 Å². The highest BCUT2D eigenvalue weighted by molar-refractivity contribution is 6.40. The van der Waals surface area contributed by atoms with E-state index in [0.29, 0.717) is 71.7 Å². The minimum Gasteiger partial charge on any atom is -0.492 e. The summed E-state index contributed by atoms with van der Waals surface area (Å²) >= 11 is 0. The lowest BCUT2D eigenvalue weighted by molar-refractivity contribution is 0.111. The van der Waals surface area contributed by atoms with Gasteiger partial charge in [-0.05, 0) is 83.0 Å². The summed E-state index contributed by atoms with van der Waals surface area (Å²) in [5, 5.41) is 7.06. The molecule has 0 radical (unpaired) electrons. The second-order valence-corrected chi connectivity index (χ2v) is 18.5. The van der Waals surface area contributed by atoms with Gasteiger partial charge < -0.3 is 18.9 Å². The van der Waals surface area contributed by atoms with Gasteiger partial charge in [0.1, 0.15) is 48.1 Å². The van der Waals surface area contributed by atoms with Crippen LogP contribution in [-0.4, -0.2) is 51.6 Å². The average molecular weight is 957 g/mol. The van der Waals surface area contributed by atoms with Crippen LogP contribution in [0.3, 0.4) is 0 Å². The maximum Gasteiger partial charge on any atom is 0.150 e. The zero-order valence-electron chi connectivity index (χ0n) is 41.6. The van der Waals surface area contributed by atoms with Crippen LogP contribution in [0.5, 0.6) is 23.0 Å². The summed E-state index contributed by atoms with van der Waals surface area (Å²) in [5.74, 6) is 2.73. The number of carbonyl (C=O) groups excluding carboxylic acids is 4. The molecule has 0 heterocycles. The van der Waals surface area contributed by atoms with Gasteiger partial charge in [0.2, 0.25) is 0 Å². The van der Waals surface area contributed by atoms with Crippen molar-refractivity contribution < 1.29 is 38.1 Å². The fourth-order valence-electron chi connectivity index (χ4n) is 9.73. The molecular formula is C64H60O8. The van der Waals surface area contributed by atoms with E-state index in [-0.39, 0.29) is 0 Å². The third kappa shape index (κ3) is 9.53. The Morgan fingerprint density at radius 3 is 0.694 bits per heavy atom. The number of rotatable bonds is 24. The fourth-order valence-corrected chi connectivity index (χ4v) is 9.73. The Bertz CT molecular complexity index is 2940. The summed E-state index contributed by atoms with van der Waals surface area (Å²) < 4.78 is 28.9. The van der Waals surface area contributed by atoms with Gasteiger partial charge in [0.05, 0.1) is 26.4 Å². The SMILES string of the molecule is CCCCOc1c(-c2ccc(C=O)cc2)cc2cc(-c3ccc(C=O)cc3)c(OCCCC)c3c4c(OCCCC)c(-c5ccc(C=O)cc5)cc5cc(-c6ccc(C=O)cc6)c(OCCCC)c(c1c23)c54. The van der Waals surface area contributed by atoms with Crippen LogP contribution in [0.2, 0.25) is 0 Å². The molecule has 0 aliphatic carbocycles. The van der Waals surface area contributed by atoms with Gasteiger partial charge in [-0.15, -0.1) is 0 Å². The summed E-state index contributed by atoms with van der Waals surface area (Å²) in [6.45, 7) is 10.4. The van der Waals surface area contributed by atoms with Crippen LogP contribution in [0.15, 0.2) is 121 Å². The molecule has 0 bridgehead atoms. The van der Waals surface area contributed by atoms with Crippen molar-refractivity contribution in [2.75, 3.05) is 26.4 Å². The van der Waals surface area contributed by atoms with Crippen molar-refractivity contribution in [2.45, 2.75) is 79.1 Å². The molecule has 0 atom stereocenters. The third-order valence-electron chi connectivity index (χ3n) is 13.6. The van der Waals surface area contributed by atoms with E-state index in [0.717, 1.165) is 164 Å². The number of fused-ring (bicyclic) bond motifs is 2. The highest BCUT2D eigenvalue weighted by atomic mass is 16.5. The lowest BCUT2D eigenvalue weighted by Gasteiger charge is -2.28. The zero-order valence-corrected chi connectivity index (χ0v) is 41.6. The van der Waals surface area contributed by atoms with E-state index < -0.39 is 0 Å². The van der Waals surface area contributed by atoms with Crippen LogP contribution in [0.25, 0.3) is 87.6 Å². The van der Waals surface area contributed by atoms with Gasteiger partial charge in [-0.2, -0.15) is 0 Å². The molecule has 9 aromatic rings. The van der Waals surface area contributed by atoms with Crippen LogP contribution in [-0.2, 0) is 0 Å². The normalized spacial score (nSPS) is 11.4. The van der Waals surface area contributed by atoms with Crippen LogP contribution in [0.1, 0.15) is 120 Å². The molecule has 0 aliphatic heterocycles. The molecule has 0 spiro atoms. The van der Waals surface area contributed by atoms with Crippen molar-refractivity contribution in [3.05, 3.63) is 144 Å². The smallest absolute Gasteiger partial charge is 0.150 e. The molecule has 364 valence electrons. The van der Waals surface area contributed by atoms with Gasteiger partial charge in [0.25, 0.3) is 0 Å². The molecule has 0 amide bonds. The molecule has 0 unspecified atom stereocenters. The first-order valence-electron chi connectivity index (χ1n) is 25.5. The molecule has 0 aliphatic rings. The standard InChI is InChI=1S/C64H60O8/c1-5-9-29-69-61-51(45-21-13-41(37-65)14-22-45)33-49-34-53(47-25-17-43(39-67)18-26-47)63(71-31-11-7-3)59-55(49)57(61)58-56-50(35-52(62(58)70-30-10-6-2)46-23-15-42(38-66)16-24-46)36-54(48-27-19-44(40-68)20-28-48)64(60(56)59)72-32-12-8-4/h13-28,33-40H,5-12,29-32H2,1-4H3. The Kier molecular flexibility index (Phi) is 15.4. The van der Waals surface area contributed by atoms with E-state index in [2.05, 4.69) is 52.0 Å². The molecule has 9 rings (SSSR count). The van der Waals surface area contributed by atoms with E-state index >= 15 is 0 Å². The number of hydrogen-bond donors (Lipinski definition) is 0. The lowest BCUT2D eigenvalue weighted by Crippen LogP contribution is -2.07. The van der Waals surface area contributed by atoms with Gasteiger partial charge >= 0.3 is 0 Å². The first-order valence-corrected chi connectivity index (χ1v) is 25.5. The number of ether oxygens (including phenoxy) is 4. The lowest BCUT2D eigenvalue weighted by atomic mass is 9.81. The summed E-state index contributed by atoms with van der Waals surface area (Å²) in [6, 6.07) is 39.3. The van der Waals surface area contributed by atoms with Gasteiger partial charge in [-0.3, -0.25) is 19.2 Å². The first kappa shape index (κ1) is 49.2. The number of benzene rings is 9. The van der Waals surface area contributed by atoms with Gasteiger partial charge in [0.15, 0.2) is 0 Å². The van der Waals surface area contributed by atoms with E-state index in [1.807, 2.05) is 97.1 Å². The third-order valence-corrected chi connectivity index (χ3v) is 13.6. The molecule has 0 N–H and O–H groups in total. The van der Waals surface area contributed by atoms with Crippen molar-refractivity contribution in [1.82, 2.24) is 0 Å². The number of hydrogen-bond acceptors (Lipinski definition) is 8. The monoisotopic (exact) mass is 956 g/mol. The number of unbranched alkanes of at least 4 members (excludes halogenated alkanes) is 4. The maximum absolute atomic E-state index is 12.1. The van der Waals surface area contributed by atoms with Crippen molar-refractivity contribution >= 4 is 68.2 Å². The molecule has 0 aromatic heterocycles. The van der Waals surface area contributed by atoms with Crippen molar-refractivity contribution in [2.24, 2.45) is 0 Å². The Hall–Kier alpha value is -7.84. The summed E-state index contributed by atoms with van der Waals surface area (Å²) in [7, 11) is 0. The van der Waals surface area contributed by atoms with Crippen molar-refractivity contribution in [3.8, 4) is 67.5 Å². The first-order chi connectivity index (χ1) is 35.4. The predicted molar refractivity (Wildman–Crippen MR) is 293 cm³/mol. The summed E-state index contributed by atoms with van der Waals surface area (Å²) in [5.41, 5.74) is 9.16. The molecule has 9 aromatic carbocycles. The second-order valence-electron chi connectivity index (χ2n) is 18.5. The fraction of sp³-hybridized carbons (Fsp3) is 0.250. The van der Waals surface area contributed by atoms with Gasteiger partial charge in [0, 0.05) is 76.8 Å². The van der Waals surface area contributed by atoms with E-state index in [4.69, 9.17) is 18.9 Å². The van der Waals surface area contributed by atoms with E-state index in [9.17, 15) is 19.2 Å². The van der Waals surface area contributed by atoms with Crippen molar-refractivity contribution in [3.63, 3.8) is 0 Å². The summed E-state index contributed by atoms with van der Waals surface area (Å²) in [6.07, 6.45) is 10.3. The Balaban J connectivity index is 1.61. The highest BCUT2D eigenvalue weighted by Crippen LogP contribution is 2.59. The van der Waals surface area contributed by atoms with E-state index in [1.54, 1.807) is 0 Å². The Morgan fingerprint density at radius 1 is 0.306 bits per heavy atom. The van der Waals surface area contributed by atoms with Gasteiger partial charge in [-0.25, -0.2) is 0 Å². The largest absolute Gasteiger partial charge is 0.492 e. The van der Waals surface area contributed by atoms with Crippen molar-refractivity contribution in [1.29, 1.82) is 0 Å². The second kappa shape index (κ2) is 22.5. The molecule has 8 nitrogen and oxygen atoms in total. The zero-order chi connectivity index (χ0) is 50.1. The minimum absolute atomic E-state index is 0.445. The van der Waals surface area contributed by atoms with Crippen LogP contribution >= 0.6 is 0 Å². The molecular weight excluding hydrogens is 897 g/mol. The molecule has 0 saturated carbocycles. The van der Waals surface area contributed by atoms with E-state index in [1.165, 1.54) is 0 Å². The number of aldehydes is 4. The minimum atomic E-state index is 0.445. The quantitative estimate of drug-likeness (QED) is 0.0255. The van der Waals surface area contributed by atoms with Crippen LogP contribution in [0, 0.1) is 0 Å². The molecule has 0 saturated heterocycles. The van der Waals surface area contributed by atoms with Gasteiger partial charge in [-0.1, -0.05) is 150 Å². The molecule has 72 heavy (non-hydrogen) atoms. The van der Waals surface area contributed by atoms with Crippen LogP contribution in [0.4, 0.5) is 0 Å². The Labute approximate surface area is 421 Å². The number of carbonyl (C=O) groups is 4. The maximum atomic E-state index is 12.1. The highest BCUT2D eigenvalue weighted by Gasteiger charge is 2.31. The predicted octanol–water partition coefficient (Wildman–Crippen LogP) is 16.4. The Morgan fingerprint density at radius 2 is 0.514 bits per heavy atom. The average Bonchev–Trinajstić information content (AvgIpc) is 3.43.